The van der Waals surface area contributed by atoms with Crippen LogP contribution in [-0.2, 0) is 17.8 Å². The van der Waals surface area contributed by atoms with E-state index in [9.17, 15) is 9.59 Å². The van der Waals surface area contributed by atoms with Crippen LogP contribution in [0.15, 0.2) is 73.3 Å². The molecule has 0 aliphatic heterocycles. The van der Waals surface area contributed by atoms with E-state index in [1.807, 2.05) is 37.3 Å². The summed E-state index contributed by atoms with van der Waals surface area (Å²) in [6, 6.07) is 12.9. The average Bonchev–Trinajstić information content (AvgIpc) is 4.03. The van der Waals surface area contributed by atoms with E-state index in [1.165, 1.54) is 62.3 Å². The Kier molecular flexibility index (Phi) is 12.4. The molecule has 1 amide bonds. The normalized spacial score (nSPS) is 26.3. The summed E-state index contributed by atoms with van der Waals surface area (Å²) >= 11 is 18.0. The van der Waals surface area contributed by atoms with Crippen LogP contribution in [0.1, 0.15) is 105 Å². The van der Waals surface area contributed by atoms with Crippen molar-refractivity contribution in [2.24, 2.45) is 35.0 Å². The Morgan fingerprint density at radius 3 is 2.28 bits per heavy atom. The number of fused-ring (bicyclic) bond motifs is 2. The van der Waals surface area contributed by atoms with Gasteiger partial charge in [0.2, 0.25) is 0 Å². The Morgan fingerprint density at radius 2 is 1.67 bits per heavy atom. The summed E-state index contributed by atoms with van der Waals surface area (Å²) in [5.41, 5.74) is 3.08. The van der Waals surface area contributed by atoms with E-state index in [2.05, 4.69) is 22.1 Å². The number of H-pyrrole nitrogens is 1. The lowest BCUT2D eigenvalue weighted by Crippen LogP contribution is -2.46. The highest BCUT2D eigenvalue weighted by Gasteiger charge is 2.50. The number of halogens is 3. The summed E-state index contributed by atoms with van der Waals surface area (Å²) in [5, 5.41) is 1.12. The second-order valence-corrected chi connectivity index (χ2v) is 18.4. The number of imidazole rings is 2. The lowest BCUT2D eigenvalue weighted by molar-refractivity contribution is -0.0571. The van der Waals surface area contributed by atoms with E-state index in [1.54, 1.807) is 29.4 Å². The van der Waals surface area contributed by atoms with Crippen LogP contribution in [0.5, 0.6) is 5.75 Å². The van der Waals surface area contributed by atoms with E-state index in [0.717, 1.165) is 54.1 Å². The molecule has 0 radical (unpaired) electrons. The van der Waals surface area contributed by atoms with E-state index < -0.39 is 0 Å². The fourth-order valence-electron chi connectivity index (χ4n) is 10.9. The number of benzene rings is 2. The number of carbonyl (C=O) groups is 2. The minimum absolute atomic E-state index is 0.152. The number of amides is 1. The van der Waals surface area contributed by atoms with Crippen LogP contribution in [-0.4, -0.2) is 56.1 Å². The topological polar surface area (TPSA) is 102 Å². The molecule has 0 spiro atoms. The molecule has 4 aromatic rings. The minimum atomic E-state index is -0.273. The van der Waals surface area contributed by atoms with Gasteiger partial charge in [0.1, 0.15) is 25.4 Å². The minimum Gasteiger partial charge on any atom is -0.489 e. The average molecular weight is 833 g/mol. The van der Waals surface area contributed by atoms with Gasteiger partial charge in [-0.1, -0.05) is 84.2 Å². The SMILES string of the molecule is CCCN(CCOc1c(Cl)cc(Cl)cc1Cl)C(=O)n1ccnc1.O=C(OCc1ccccc1)c1nc(C2CC3C=CC2C3)[nH]c1CCC12CC3CC(CC(C3)C1)C2. The maximum absolute atomic E-state index is 13.2. The predicted octanol–water partition coefficient (Wildman–Crippen LogP) is 11.2. The van der Waals surface area contributed by atoms with Crippen molar-refractivity contribution in [2.45, 2.75) is 90.1 Å². The summed E-state index contributed by atoms with van der Waals surface area (Å²) < 4.78 is 12.8. The van der Waals surface area contributed by atoms with Crippen molar-refractivity contribution in [3.8, 4) is 5.75 Å². The Hall–Kier alpha value is -3.79. The predicted molar refractivity (Wildman–Crippen MR) is 223 cm³/mol. The second kappa shape index (κ2) is 17.6. The number of hydrogen-bond donors (Lipinski definition) is 1. The van der Waals surface area contributed by atoms with Crippen molar-refractivity contribution in [3.63, 3.8) is 0 Å². The monoisotopic (exact) mass is 831 g/mol. The highest BCUT2D eigenvalue weighted by Crippen LogP contribution is 2.61. The standard InChI is InChI=1S/C30H36N2O2.C15H16Cl3N3O2/c33-29(34-18-19-4-2-1-3-5-19)27-26(31-28(32-27)25-14-20-6-7-24(25)13-20)8-9-30-15-21-10-22(16-30)12-23(11-21)17-30;1-2-4-20(15(22)21-5-3-19-10-21)6-7-23-14-12(17)8-11(16)9-13(14)18/h1-7,20-25H,8-18H2,(H,31,32);3,5,8-10H,2,4,6-7H2,1H3. The van der Waals surface area contributed by atoms with Crippen molar-refractivity contribution in [3.05, 3.63) is 111 Å². The summed E-state index contributed by atoms with van der Waals surface area (Å²) in [6.07, 6.45) is 23.4. The highest BCUT2D eigenvalue weighted by molar-refractivity contribution is 6.40. The molecule has 302 valence electrons. The number of carbonyl (C=O) groups excluding carboxylic acids is 2. The highest BCUT2D eigenvalue weighted by atomic mass is 35.5. The molecule has 2 aromatic carbocycles. The van der Waals surface area contributed by atoms with Gasteiger partial charge in [-0.05, 0) is 123 Å². The van der Waals surface area contributed by atoms with Crippen LogP contribution >= 0.6 is 34.8 Å². The van der Waals surface area contributed by atoms with Crippen LogP contribution in [0, 0.1) is 35.0 Å². The molecule has 0 saturated heterocycles. The zero-order valence-electron chi connectivity index (χ0n) is 32.6. The number of aromatic nitrogens is 4. The fraction of sp³-hybridized carbons (Fsp3) is 0.511. The maximum Gasteiger partial charge on any atom is 0.359 e. The van der Waals surface area contributed by atoms with Gasteiger partial charge in [0, 0.05) is 35.6 Å². The zero-order valence-corrected chi connectivity index (χ0v) is 34.8. The fourth-order valence-corrected chi connectivity index (χ4v) is 11.8. The molecule has 6 bridgehead atoms. The number of nitrogens with one attached hydrogen (secondary N) is 1. The van der Waals surface area contributed by atoms with Crippen LogP contribution in [0.4, 0.5) is 4.79 Å². The number of hydrogen-bond acceptors (Lipinski definition) is 6. The van der Waals surface area contributed by atoms with E-state index >= 15 is 0 Å². The molecule has 6 aliphatic rings. The molecule has 3 unspecified atom stereocenters. The van der Waals surface area contributed by atoms with Gasteiger partial charge < -0.3 is 19.4 Å². The van der Waals surface area contributed by atoms with Crippen LogP contribution in [0.2, 0.25) is 15.1 Å². The molecule has 9 nitrogen and oxygen atoms in total. The molecule has 12 heteroatoms. The first-order valence-corrected chi connectivity index (χ1v) is 21.8. The largest absolute Gasteiger partial charge is 0.489 e. The zero-order chi connectivity index (χ0) is 39.5. The van der Waals surface area contributed by atoms with Gasteiger partial charge in [-0.3, -0.25) is 4.57 Å². The molecule has 3 atom stereocenters. The van der Waals surface area contributed by atoms with Gasteiger partial charge in [-0.15, -0.1) is 0 Å². The molecule has 57 heavy (non-hydrogen) atoms. The number of aryl methyl sites for hydroxylation is 1. The number of ether oxygens (including phenoxy) is 2. The number of rotatable bonds is 13. The second-order valence-electron chi connectivity index (χ2n) is 17.1. The molecule has 2 heterocycles. The first-order valence-electron chi connectivity index (χ1n) is 20.7. The molecule has 10 rings (SSSR count). The third-order valence-corrected chi connectivity index (χ3v) is 13.7. The molecule has 5 saturated carbocycles. The van der Waals surface area contributed by atoms with Gasteiger partial charge in [0.15, 0.2) is 11.4 Å². The smallest absolute Gasteiger partial charge is 0.359 e. The third-order valence-electron chi connectivity index (χ3n) is 13.0. The first kappa shape index (κ1) is 40.0. The summed E-state index contributed by atoms with van der Waals surface area (Å²) in [5.74, 6) is 5.66. The Bertz CT molecular complexity index is 1990. The molecule has 6 aliphatic carbocycles. The number of esters is 1. The number of nitrogens with zero attached hydrogens (tertiary/aromatic N) is 4. The third kappa shape index (κ3) is 9.26. The Balaban J connectivity index is 0.000000174. The van der Waals surface area contributed by atoms with Crippen LogP contribution < -0.4 is 4.74 Å². The van der Waals surface area contributed by atoms with Gasteiger partial charge in [-0.2, -0.15) is 0 Å². The van der Waals surface area contributed by atoms with E-state index in [0.29, 0.717) is 69.4 Å². The number of allylic oxidation sites excluding steroid dienone is 2. The lowest BCUT2D eigenvalue weighted by atomic mass is 9.48. The molecular formula is C45H52Cl3N5O4. The van der Waals surface area contributed by atoms with Crippen molar-refractivity contribution in [1.82, 2.24) is 24.4 Å². The first-order chi connectivity index (χ1) is 27.6. The van der Waals surface area contributed by atoms with Gasteiger partial charge in [0.05, 0.1) is 16.6 Å². The summed E-state index contributed by atoms with van der Waals surface area (Å²) in [4.78, 5) is 39.7. The van der Waals surface area contributed by atoms with E-state index in [-0.39, 0.29) is 18.6 Å². The van der Waals surface area contributed by atoms with E-state index in [4.69, 9.17) is 49.3 Å². The van der Waals surface area contributed by atoms with Gasteiger partial charge in [-0.25, -0.2) is 19.6 Å². The lowest BCUT2D eigenvalue weighted by Gasteiger charge is -2.57. The molecule has 2 aromatic heterocycles. The quantitative estimate of drug-likeness (QED) is 0.106. The summed E-state index contributed by atoms with van der Waals surface area (Å²) in [7, 11) is 0. The van der Waals surface area contributed by atoms with Crippen molar-refractivity contribution in [1.29, 1.82) is 0 Å². The van der Waals surface area contributed by atoms with Crippen LogP contribution in [0.3, 0.4) is 0 Å². The van der Waals surface area contributed by atoms with Crippen molar-refractivity contribution in [2.75, 3.05) is 19.7 Å². The van der Waals surface area contributed by atoms with Gasteiger partial charge >= 0.3 is 12.0 Å². The van der Waals surface area contributed by atoms with Gasteiger partial charge in [0.25, 0.3) is 0 Å². The number of aromatic amines is 1. The van der Waals surface area contributed by atoms with Crippen molar-refractivity contribution >= 4 is 46.8 Å². The Labute approximate surface area is 350 Å². The van der Waals surface area contributed by atoms with Crippen LogP contribution in [0.25, 0.3) is 0 Å². The molecule has 5 fully saturated rings. The Morgan fingerprint density at radius 1 is 0.947 bits per heavy atom. The van der Waals surface area contributed by atoms with Crippen molar-refractivity contribution < 1.29 is 19.1 Å². The summed E-state index contributed by atoms with van der Waals surface area (Å²) in [6.45, 7) is 3.58. The maximum atomic E-state index is 13.2. The molecular weight excluding hydrogens is 781 g/mol. The molecule has 1 N–H and O–H groups in total.